The van der Waals surface area contributed by atoms with Crippen LogP contribution in [0.15, 0.2) is 48.8 Å². The van der Waals surface area contributed by atoms with Gasteiger partial charge in [-0.1, -0.05) is 24.3 Å². The summed E-state index contributed by atoms with van der Waals surface area (Å²) in [6, 6.07) is 11.9. The number of rotatable bonds is 5. The predicted octanol–water partition coefficient (Wildman–Crippen LogP) is 1.83. The second-order valence-electron chi connectivity index (χ2n) is 6.32. The first-order valence-electron chi connectivity index (χ1n) is 8.64. The van der Waals surface area contributed by atoms with Crippen molar-refractivity contribution >= 4 is 11.7 Å². The molecule has 6 heteroatoms. The Morgan fingerprint density at radius 2 is 1.80 bits per heavy atom. The number of nitrogens with zero attached hydrogens (tertiary/aromatic N) is 3. The van der Waals surface area contributed by atoms with Crippen molar-refractivity contribution in [3.63, 3.8) is 0 Å². The quantitative estimate of drug-likeness (QED) is 0.873. The highest BCUT2D eigenvalue weighted by molar-refractivity contribution is 5.74. The van der Waals surface area contributed by atoms with Crippen molar-refractivity contribution in [2.24, 2.45) is 0 Å². The maximum atomic E-state index is 12.1. The number of amides is 2. The number of nitrogens with one attached hydrogen (secondary N) is 2. The molecule has 1 fully saturated rings. The summed E-state index contributed by atoms with van der Waals surface area (Å²) in [6.07, 6.45) is 3.47. The molecule has 2 heterocycles. The molecule has 6 nitrogen and oxygen atoms in total. The zero-order chi connectivity index (χ0) is 17.5. The number of carbonyl (C=O) groups is 1. The second-order valence-corrected chi connectivity index (χ2v) is 6.32. The van der Waals surface area contributed by atoms with Crippen LogP contribution in [0, 0.1) is 0 Å². The van der Waals surface area contributed by atoms with Crippen molar-refractivity contribution in [2.45, 2.75) is 13.1 Å². The monoisotopic (exact) mass is 339 g/mol. The lowest BCUT2D eigenvalue weighted by molar-refractivity contribution is 0.240. The second kappa shape index (κ2) is 8.48. The molecular formula is C19H25N5O. The molecule has 0 unspecified atom stereocenters. The number of likely N-dealkylation sites (N-methyl/N-ethyl adjacent to an activating group) is 1. The smallest absolute Gasteiger partial charge is 0.315 e. The van der Waals surface area contributed by atoms with Gasteiger partial charge in [0.1, 0.15) is 0 Å². The third-order valence-corrected chi connectivity index (χ3v) is 4.45. The molecule has 0 atom stereocenters. The topological polar surface area (TPSA) is 60.5 Å². The molecule has 1 aliphatic heterocycles. The number of benzene rings is 1. The highest BCUT2D eigenvalue weighted by Gasteiger charge is 2.16. The first-order valence-corrected chi connectivity index (χ1v) is 8.64. The van der Waals surface area contributed by atoms with E-state index < -0.39 is 0 Å². The highest BCUT2D eigenvalue weighted by Crippen LogP contribution is 2.21. The number of carbonyl (C=O) groups excluding carboxylic acids is 1. The minimum Gasteiger partial charge on any atom is -0.369 e. The minimum absolute atomic E-state index is 0.169. The molecule has 2 aromatic rings. The molecule has 1 aromatic carbocycles. The first kappa shape index (κ1) is 17.2. The zero-order valence-corrected chi connectivity index (χ0v) is 14.6. The van der Waals surface area contributed by atoms with Crippen LogP contribution in [-0.4, -0.2) is 49.1 Å². The SMILES string of the molecule is CN1CCN(c2ccccc2CNC(=O)NCc2cccnc2)CC1. The Kier molecular flexibility index (Phi) is 5.85. The average molecular weight is 339 g/mol. The van der Waals surface area contributed by atoms with Crippen LogP contribution in [0.2, 0.25) is 0 Å². The van der Waals surface area contributed by atoms with E-state index in [4.69, 9.17) is 0 Å². The van der Waals surface area contributed by atoms with E-state index in [0.29, 0.717) is 13.1 Å². The van der Waals surface area contributed by atoms with E-state index in [1.807, 2.05) is 18.2 Å². The van der Waals surface area contributed by atoms with Crippen molar-refractivity contribution in [2.75, 3.05) is 38.1 Å². The number of para-hydroxylation sites is 1. The number of anilines is 1. The summed E-state index contributed by atoms with van der Waals surface area (Å²) in [5.41, 5.74) is 3.34. The van der Waals surface area contributed by atoms with Crippen LogP contribution in [0.4, 0.5) is 10.5 Å². The Morgan fingerprint density at radius 1 is 1.04 bits per heavy atom. The fourth-order valence-electron chi connectivity index (χ4n) is 2.94. The normalized spacial score (nSPS) is 15.0. The molecule has 0 radical (unpaired) electrons. The molecule has 2 N–H and O–H groups in total. The van der Waals surface area contributed by atoms with Crippen LogP contribution >= 0.6 is 0 Å². The molecule has 0 bridgehead atoms. The van der Waals surface area contributed by atoms with E-state index in [2.05, 4.69) is 50.7 Å². The summed E-state index contributed by atoms with van der Waals surface area (Å²) < 4.78 is 0. The minimum atomic E-state index is -0.169. The van der Waals surface area contributed by atoms with E-state index in [9.17, 15) is 4.79 Å². The van der Waals surface area contributed by atoms with Gasteiger partial charge in [0.15, 0.2) is 0 Å². The van der Waals surface area contributed by atoms with Crippen LogP contribution in [-0.2, 0) is 13.1 Å². The standard InChI is InChI=1S/C19H25N5O/c1-23-9-11-24(12-10-23)18-7-3-2-6-17(18)15-22-19(25)21-14-16-5-4-8-20-13-16/h2-8,13H,9-12,14-15H2,1H3,(H2,21,22,25). The van der Waals surface area contributed by atoms with Gasteiger partial charge in [0.25, 0.3) is 0 Å². The van der Waals surface area contributed by atoms with E-state index in [1.165, 1.54) is 5.69 Å². The molecule has 0 saturated carbocycles. The fourth-order valence-corrected chi connectivity index (χ4v) is 2.94. The largest absolute Gasteiger partial charge is 0.369 e. The van der Waals surface area contributed by atoms with Crippen molar-refractivity contribution in [1.82, 2.24) is 20.5 Å². The third kappa shape index (κ3) is 4.93. The van der Waals surface area contributed by atoms with Crippen LogP contribution in [0.5, 0.6) is 0 Å². The maximum Gasteiger partial charge on any atom is 0.315 e. The van der Waals surface area contributed by atoms with E-state index in [-0.39, 0.29) is 6.03 Å². The average Bonchev–Trinajstić information content (AvgIpc) is 2.66. The number of aromatic nitrogens is 1. The Bertz CT molecular complexity index is 683. The summed E-state index contributed by atoms with van der Waals surface area (Å²) in [6.45, 7) is 5.14. The molecule has 0 aliphatic carbocycles. The molecule has 132 valence electrons. The molecule has 2 amide bonds. The number of hydrogen-bond donors (Lipinski definition) is 2. The van der Waals surface area contributed by atoms with Gasteiger partial charge in [0, 0.05) is 57.3 Å². The van der Waals surface area contributed by atoms with Gasteiger partial charge in [-0.2, -0.15) is 0 Å². The fraction of sp³-hybridized carbons (Fsp3) is 0.368. The van der Waals surface area contributed by atoms with Crippen LogP contribution in [0.3, 0.4) is 0 Å². The summed E-state index contributed by atoms with van der Waals surface area (Å²) in [5.74, 6) is 0. The van der Waals surface area contributed by atoms with Gasteiger partial charge in [-0.25, -0.2) is 4.79 Å². The lowest BCUT2D eigenvalue weighted by Crippen LogP contribution is -2.45. The summed E-state index contributed by atoms with van der Waals surface area (Å²) in [7, 11) is 2.15. The van der Waals surface area contributed by atoms with E-state index in [1.54, 1.807) is 12.4 Å². The molecule has 0 spiro atoms. The molecule has 25 heavy (non-hydrogen) atoms. The van der Waals surface area contributed by atoms with Gasteiger partial charge in [-0.3, -0.25) is 4.98 Å². The summed E-state index contributed by atoms with van der Waals surface area (Å²) in [5, 5.41) is 5.81. The molecule has 1 aromatic heterocycles. The number of piperazine rings is 1. The van der Waals surface area contributed by atoms with Gasteiger partial charge in [0.05, 0.1) is 0 Å². The van der Waals surface area contributed by atoms with Crippen molar-refractivity contribution in [3.05, 3.63) is 59.9 Å². The van der Waals surface area contributed by atoms with Gasteiger partial charge < -0.3 is 20.4 Å². The number of urea groups is 1. The van der Waals surface area contributed by atoms with Gasteiger partial charge in [-0.15, -0.1) is 0 Å². The van der Waals surface area contributed by atoms with Gasteiger partial charge >= 0.3 is 6.03 Å². The summed E-state index contributed by atoms with van der Waals surface area (Å²) >= 11 is 0. The Morgan fingerprint density at radius 3 is 2.56 bits per heavy atom. The van der Waals surface area contributed by atoms with Gasteiger partial charge in [-0.05, 0) is 30.3 Å². The molecule has 1 saturated heterocycles. The van der Waals surface area contributed by atoms with E-state index in [0.717, 1.165) is 37.3 Å². The maximum absolute atomic E-state index is 12.1. The van der Waals surface area contributed by atoms with Crippen molar-refractivity contribution < 1.29 is 4.79 Å². The van der Waals surface area contributed by atoms with Gasteiger partial charge in [0.2, 0.25) is 0 Å². The Hall–Kier alpha value is -2.60. The molecular weight excluding hydrogens is 314 g/mol. The molecule has 3 rings (SSSR count). The van der Waals surface area contributed by atoms with Crippen LogP contribution in [0.25, 0.3) is 0 Å². The van der Waals surface area contributed by atoms with Crippen LogP contribution in [0.1, 0.15) is 11.1 Å². The Labute approximate surface area is 148 Å². The summed E-state index contributed by atoms with van der Waals surface area (Å²) in [4.78, 5) is 20.8. The van der Waals surface area contributed by atoms with Crippen molar-refractivity contribution in [3.8, 4) is 0 Å². The third-order valence-electron chi connectivity index (χ3n) is 4.45. The first-order chi connectivity index (χ1) is 12.2. The molecule has 1 aliphatic rings. The highest BCUT2D eigenvalue weighted by atomic mass is 16.2. The Balaban J connectivity index is 1.53. The number of pyridine rings is 1. The van der Waals surface area contributed by atoms with Crippen LogP contribution < -0.4 is 15.5 Å². The van der Waals surface area contributed by atoms with Crippen molar-refractivity contribution in [1.29, 1.82) is 0 Å². The zero-order valence-electron chi connectivity index (χ0n) is 14.6. The lowest BCUT2D eigenvalue weighted by Gasteiger charge is -2.35. The lowest BCUT2D eigenvalue weighted by atomic mass is 10.1. The predicted molar refractivity (Wildman–Crippen MR) is 99.5 cm³/mol. The number of hydrogen-bond acceptors (Lipinski definition) is 4. The van der Waals surface area contributed by atoms with E-state index >= 15 is 0 Å².